The molecule has 2 aliphatic heterocycles. The van der Waals surface area contributed by atoms with Crippen LogP contribution in [0.1, 0.15) is 12.0 Å². The van der Waals surface area contributed by atoms with E-state index in [4.69, 9.17) is 18.9 Å². The monoisotopic (exact) mass is 553 g/mol. The Bertz CT molecular complexity index is 1300. The molecule has 0 spiro atoms. The number of benzene rings is 2. The number of rotatable bonds is 8. The highest BCUT2D eigenvalue weighted by atomic mass is 79.9. The van der Waals surface area contributed by atoms with Crippen LogP contribution in [0.15, 0.2) is 34.9 Å². The van der Waals surface area contributed by atoms with E-state index in [-0.39, 0.29) is 6.79 Å². The molecular weight excluding hydrogens is 526 g/mol. The van der Waals surface area contributed by atoms with Gasteiger partial charge in [-0.3, -0.25) is 4.98 Å². The first-order valence-electron chi connectivity index (χ1n) is 11.9. The fourth-order valence-electron chi connectivity index (χ4n) is 4.43. The van der Waals surface area contributed by atoms with Crippen molar-refractivity contribution < 1.29 is 18.9 Å². The van der Waals surface area contributed by atoms with Crippen LogP contribution in [-0.4, -0.2) is 75.1 Å². The predicted molar refractivity (Wildman–Crippen MR) is 141 cm³/mol. The number of nitrogens with one attached hydrogen (secondary N) is 1. The Balaban J connectivity index is 1.38. The lowest BCUT2D eigenvalue weighted by Crippen LogP contribution is -2.44. The van der Waals surface area contributed by atoms with Crippen molar-refractivity contribution in [2.24, 2.45) is 0 Å². The smallest absolute Gasteiger partial charge is 0.231 e. The Morgan fingerprint density at radius 3 is 2.72 bits per heavy atom. The quantitative estimate of drug-likeness (QED) is 0.408. The zero-order chi connectivity index (χ0) is 25.1. The molecule has 188 valence electrons. The highest BCUT2D eigenvalue weighted by Crippen LogP contribution is 2.46. The van der Waals surface area contributed by atoms with Crippen molar-refractivity contribution in [3.8, 4) is 29.1 Å². The van der Waals surface area contributed by atoms with Crippen molar-refractivity contribution in [3.05, 3.63) is 40.5 Å². The fourth-order valence-corrected chi connectivity index (χ4v) is 4.86. The molecule has 2 aliphatic rings. The number of ether oxygens (including phenoxy) is 4. The predicted octanol–water partition coefficient (Wildman–Crippen LogP) is 4.37. The number of anilines is 2. The molecule has 9 nitrogen and oxygen atoms in total. The molecule has 1 saturated heterocycles. The molecule has 3 heterocycles. The molecule has 10 heteroatoms. The number of pyridine rings is 1. The first kappa shape index (κ1) is 24.4. The van der Waals surface area contributed by atoms with Gasteiger partial charge in [0.2, 0.25) is 6.79 Å². The lowest BCUT2D eigenvalue weighted by Gasteiger charge is -2.32. The Morgan fingerprint density at radius 1 is 1.14 bits per heavy atom. The largest absolute Gasteiger partial charge is 0.493 e. The maximum atomic E-state index is 9.78. The number of piperazine rings is 1. The molecule has 2 aromatic carbocycles. The number of nitrogens with zero attached hydrogens (tertiary/aromatic N) is 4. The third kappa shape index (κ3) is 5.00. The van der Waals surface area contributed by atoms with Crippen LogP contribution in [0, 0.1) is 11.3 Å². The average molecular weight is 554 g/mol. The number of fused-ring (bicyclic) bond motifs is 2. The first-order valence-corrected chi connectivity index (χ1v) is 12.7. The number of nitriles is 1. The highest BCUT2D eigenvalue weighted by molar-refractivity contribution is 9.10. The lowest BCUT2D eigenvalue weighted by molar-refractivity contribution is 0.145. The molecule has 0 saturated carbocycles. The van der Waals surface area contributed by atoms with Crippen LogP contribution < -0.4 is 24.3 Å². The van der Waals surface area contributed by atoms with E-state index < -0.39 is 0 Å². The number of methoxy groups -OCH3 is 1. The van der Waals surface area contributed by atoms with Gasteiger partial charge in [0.1, 0.15) is 6.07 Å². The Labute approximate surface area is 218 Å². The van der Waals surface area contributed by atoms with Gasteiger partial charge >= 0.3 is 0 Å². The maximum absolute atomic E-state index is 9.78. The van der Waals surface area contributed by atoms with Crippen LogP contribution in [0.5, 0.6) is 23.0 Å². The molecule has 3 aromatic rings. The Morgan fingerprint density at radius 2 is 1.94 bits per heavy atom. The lowest BCUT2D eigenvalue weighted by atomic mass is 10.1. The zero-order valence-corrected chi connectivity index (χ0v) is 21.9. The van der Waals surface area contributed by atoms with Gasteiger partial charge in [0.25, 0.3) is 0 Å². The summed E-state index contributed by atoms with van der Waals surface area (Å²) in [6, 6.07) is 9.70. The van der Waals surface area contributed by atoms with Gasteiger partial charge in [0, 0.05) is 50.4 Å². The van der Waals surface area contributed by atoms with Crippen molar-refractivity contribution in [3.63, 3.8) is 0 Å². The zero-order valence-electron chi connectivity index (χ0n) is 20.3. The summed E-state index contributed by atoms with van der Waals surface area (Å²) < 4.78 is 23.8. The first-order chi connectivity index (χ1) is 17.6. The van der Waals surface area contributed by atoms with E-state index in [1.165, 1.54) is 0 Å². The molecule has 1 aromatic heterocycles. The summed E-state index contributed by atoms with van der Waals surface area (Å²) in [5.74, 6) is 2.43. The SMILES string of the molecule is COc1cc2c(Nc3ccc(Br)c4c3OCO4)c(C#N)cnc2cc1OCCCN1CCN(C)CC1. The minimum absolute atomic E-state index is 0.137. The topological polar surface area (TPSA) is 92.1 Å². The molecular formula is C26H28BrN5O4. The molecule has 0 unspecified atom stereocenters. The number of halogens is 1. The van der Waals surface area contributed by atoms with E-state index in [0.29, 0.717) is 52.1 Å². The summed E-state index contributed by atoms with van der Waals surface area (Å²) in [4.78, 5) is 9.33. The normalized spacial score (nSPS) is 15.6. The van der Waals surface area contributed by atoms with Crippen LogP contribution >= 0.6 is 15.9 Å². The molecule has 0 atom stereocenters. The number of hydrogen-bond donors (Lipinski definition) is 1. The molecule has 1 N–H and O–H groups in total. The number of aromatic nitrogens is 1. The van der Waals surface area contributed by atoms with Crippen LogP contribution in [0.4, 0.5) is 11.4 Å². The molecule has 0 amide bonds. The minimum atomic E-state index is 0.137. The summed E-state index contributed by atoms with van der Waals surface area (Å²) in [5, 5.41) is 13.9. The van der Waals surface area contributed by atoms with Gasteiger partial charge in [-0.25, -0.2) is 0 Å². The maximum Gasteiger partial charge on any atom is 0.231 e. The molecule has 0 bridgehead atoms. The highest BCUT2D eigenvalue weighted by Gasteiger charge is 2.23. The van der Waals surface area contributed by atoms with Crippen LogP contribution in [-0.2, 0) is 0 Å². The molecule has 0 radical (unpaired) electrons. The van der Waals surface area contributed by atoms with E-state index in [9.17, 15) is 5.26 Å². The van der Waals surface area contributed by atoms with Crippen LogP contribution in [0.2, 0.25) is 0 Å². The third-order valence-electron chi connectivity index (χ3n) is 6.48. The summed E-state index contributed by atoms with van der Waals surface area (Å²) >= 11 is 3.48. The van der Waals surface area contributed by atoms with Crippen molar-refractivity contribution in [1.82, 2.24) is 14.8 Å². The van der Waals surface area contributed by atoms with E-state index in [1.54, 1.807) is 13.3 Å². The van der Waals surface area contributed by atoms with Crippen LogP contribution in [0.25, 0.3) is 10.9 Å². The van der Waals surface area contributed by atoms with Gasteiger partial charge in [-0.2, -0.15) is 5.26 Å². The molecule has 0 aliphatic carbocycles. The van der Waals surface area contributed by atoms with Gasteiger partial charge in [0.05, 0.1) is 40.6 Å². The summed E-state index contributed by atoms with van der Waals surface area (Å²) in [6.07, 6.45) is 2.49. The molecule has 5 rings (SSSR count). The Hall–Kier alpha value is -3.26. The van der Waals surface area contributed by atoms with E-state index in [2.05, 4.69) is 49.1 Å². The van der Waals surface area contributed by atoms with E-state index in [1.807, 2.05) is 24.3 Å². The second-order valence-corrected chi connectivity index (χ2v) is 9.66. The second-order valence-electron chi connectivity index (χ2n) is 8.81. The standard InChI is InChI=1S/C26H28BrN5O4/c1-31-7-9-32(10-8-31)6-3-11-34-23-13-21-18(12-22(23)33-2)24(17(14-28)15-29-21)30-20-5-4-19(27)25-26(20)36-16-35-25/h4-5,12-13,15H,3,6-11,16H2,1-2H3,(H,29,30). The van der Waals surface area contributed by atoms with Gasteiger partial charge < -0.3 is 34.1 Å². The van der Waals surface area contributed by atoms with Crippen molar-refractivity contribution in [2.75, 3.05) is 65.6 Å². The van der Waals surface area contributed by atoms with Gasteiger partial charge in [-0.15, -0.1) is 0 Å². The van der Waals surface area contributed by atoms with Crippen molar-refractivity contribution in [2.45, 2.75) is 6.42 Å². The van der Waals surface area contributed by atoms with Gasteiger partial charge in [-0.1, -0.05) is 0 Å². The van der Waals surface area contributed by atoms with Crippen molar-refractivity contribution >= 4 is 38.2 Å². The second kappa shape index (κ2) is 10.8. The van der Waals surface area contributed by atoms with Gasteiger partial charge in [-0.05, 0) is 47.6 Å². The molecule has 1 fully saturated rings. The van der Waals surface area contributed by atoms with Gasteiger partial charge in [0.15, 0.2) is 23.0 Å². The summed E-state index contributed by atoms with van der Waals surface area (Å²) in [7, 11) is 3.77. The average Bonchev–Trinajstić information content (AvgIpc) is 3.40. The number of likely N-dealkylation sites (N-methyl/N-ethyl adjacent to an activating group) is 1. The van der Waals surface area contributed by atoms with Crippen molar-refractivity contribution in [1.29, 1.82) is 5.26 Å². The van der Waals surface area contributed by atoms with E-state index in [0.717, 1.165) is 49.0 Å². The summed E-state index contributed by atoms with van der Waals surface area (Å²) in [6.45, 7) is 6.12. The Kier molecular flexibility index (Phi) is 7.32. The fraction of sp³-hybridized carbons (Fsp3) is 0.385. The third-order valence-corrected chi connectivity index (χ3v) is 7.10. The van der Waals surface area contributed by atoms with Crippen LogP contribution in [0.3, 0.4) is 0 Å². The minimum Gasteiger partial charge on any atom is -0.493 e. The number of hydrogen-bond acceptors (Lipinski definition) is 9. The van der Waals surface area contributed by atoms with E-state index >= 15 is 0 Å². The summed E-state index contributed by atoms with van der Waals surface area (Å²) in [5.41, 5.74) is 2.40. The molecule has 36 heavy (non-hydrogen) atoms.